The molecule has 1 aromatic heterocycles. The van der Waals surface area contributed by atoms with Gasteiger partial charge in [0.15, 0.2) is 5.82 Å². The molecule has 0 atom stereocenters. The Morgan fingerprint density at radius 1 is 1.12 bits per heavy atom. The molecule has 1 aromatic carbocycles. The zero-order chi connectivity index (χ0) is 12.1. The van der Waals surface area contributed by atoms with Crippen LogP contribution in [0, 0.1) is 6.92 Å². The van der Waals surface area contributed by atoms with Crippen LogP contribution in [-0.4, -0.2) is 16.2 Å². The number of aromatic nitrogens is 2. The van der Waals surface area contributed by atoms with Crippen molar-refractivity contribution in [3.05, 3.63) is 48.2 Å². The van der Waals surface area contributed by atoms with Crippen LogP contribution in [0.1, 0.15) is 5.56 Å². The second kappa shape index (κ2) is 5.07. The van der Waals surface area contributed by atoms with Gasteiger partial charge in [-0.3, -0.25) is 5.32 Å². The first-order valence-electron chi connectivity index (χ1n) is 5.16. The zero-order valence-corrected chi connectivity index (χ0v) is 9.34. The maximum Gasteiger partial charge on any atom is 0.324 e. The average Bonchev–Trinajstić information content (AvgIpc) is 2.33. The topological polar surface area (TPSA) is 66.9 Å². The third-order valence-corrected chi connectivity index (χ3v) is 2.12. The van der Waals surface area contributed by atoms with Crippen molar-refractivity contribution >= 4 is 17.5 Å². The van der Waals surface area contributed by atoms with Crippen molar-refractivity contribution in [2.24, 2.45) is 0 Å². The minimum Gasteiger partial charge on any atom is -0.308 e. The van der Waals surface area contributed by atoms with Crippen LogP contribution in [0.15, 0.2) is 42.6 Å². The molecule has 5 nitrogen and oxygen atoms in total. The van der Waals surface area contributed by atoms with Gasteiger partial charge in [-0.05, 0) is 31.2 Å². The lowest BCUT2D eigenvalue weighted by molar-refractivity contribution is 0.262. The van der Waals surface area contributed by atoms with Crippen LogP contribution in [0.25, 0.3) is 0 Å². The minimum absolute atomic E-state index is 0.339. The first kappa shape index (κ1) is 11.1. The molecule has 0 saturated carbocycles. The zero-order valence-electron chi connectivity index (χ0n) is 9.34. The number of nitrogens with zero attached hydrogens (tertiary/aromatic N) is 2. The molecule has 2 aromatic rings. The lowest BCUT2D eigenvalue weighted by atomic mass is 10.2. The van der Waals surface area contributed by atoms with Crippen molar-refractivity contribution < 1.29 is 4.79 Å². The summed E-state index contributed by atoms with van der Waals surface area (Å²) in [5.41, 5.74) is 1.88. The Labute approximate surface area is 98.9 Å². The third kappa shape index (κ3) is 3.27. The van der Waals surface area contributed by atoms with Crippen molar-refractivity contribution in [2.45, 2.75) is 6.92 Å². The number of amides is 2. The van der Waals surface area contributed by atoms with Gasteiger partial charge in [-0.1, -0.05) is 17.7 Å². The van der Waals surface area contributed by atoms with Crippen LogP contribution in [0.4, 0.5) is 16.3 Å². The number of benzene rings is 1. The number of aryl methyl sites for hydroxylation is 1. The molecule has 2 amide bonds. The maximum absolute atomic E-state index is 11.6. The fraction of sp³-hybridized carbons (Fsp3) is 0.0833. The van der Waals surface area contributed by atoms with Crippen molar-refractivity contribution in [3.63, 3.8) is 0 Å². The van der Waals surface area contributed by atoms with E-state index in [4.69, 9.17) is 0 Å². The number of urea groups is 1. The molecule has 0 aliphatic carbocycles. The van der Waals surface area contributed by atoms with E-state index in [9.17, 15) is 4.79 Å². The second-order valence-corrected chi connectivity index (χ2v) is 3.55. The smallest absolute Gasteiger partial charge is 0.308 e. The lowest BCUT2D eigenvalue weighted by Crippen LogP contribution is -2.20. The normalized spacial score (nSPS) is 9.71. The van der Waals surface area contributed by atoms with Crippen molar-refractivity contribution in [1.29, 1.82) is 0 Å². The monoisotopic (exact) mass is 228 g/mol. The van der Waals surface area contributed by atoms with Gasteiger partial charge in [0.05, 0.1) is 0 Å². The van der Waals surface area contributed by atoms with Crippen molar-refractivity contribution in [1.82, 2.24) is 10.2 Å². The molecule has 2 rings (SSSR count). The summed E-state index contributed by atoms with van der Waals surface area (Å²) >= 11 is 0. The third-order valence-electron chi connectivity index (χ3n) is 2.12. The van der Waals surface area contributed by atoms with Crippen molar-refractivity contribution in [3.8, 4) is 0 Å². The van der Waals surface area contributed by atoms with Gasteiger partial charge in [-0.15, -0.1) is 5.10 Å². The molecule has 0 aliphatic rings. The summed E-state index contributed by atoms with van der Waals surface area (Å²) in [7, 11) is 0. The van der Waals surface area contributed by atoms with E-state index in [0.717, 1.165) is 11.3 Å². The van der Waals surface area contributed by atoms with E-state index < -0.39 is 0 Å². The molecule has 17 heavy (non-hydrogen) atoms. The van der Waals surface area contributed by atoms with E-state index in [0.29, 0.717) is 5.82 Å². The molecule has 5 heteroatoms. The molecular weight excluding hydrogens is 216 g/mol. The largest absolute Gasteiger partial charge is 0.324 e. The average molecular weight is 228 g/mol. The van der Waals surface area contributed by atoms with Gasteiger partial charge < -0.3 is 5.32 Å². The van der Waals surface area contributed by atoms with Gasteiger partial charge in [-0.25, -0.2) is 4.79 Å². The highest BCUT2D eigenvalue weighted by molar-refractivity contribution is 5.99. The number of rotatable bonds is 2. The van der Waals surface area contributed by atoms with Crippen molar-refractivity contribution in [2.75, 3.05) is 10.6 Å². The van der Waals surface area contributed by atoms with Crippen LogP contribution in [0.3, 0.4) is 0 Å². The molecule has 0 unspecified atom stereocenters. The van der Waals surface area contributed by atoms with E-state index in [1.54, 1.807) is 18.3 Å². The van der Waals surface area contributed by atoms with Crippen LogP contribution in [-0.2, 0) is 0 Å². The molecule has 0 spiro atoms. The first-order chi connectivity index (χ1) is 8.24. The summed E-state index contributed by atoms with van der Waals surface area (Å²) in [5, 5.41) is 12.7. The van der Waals surface area contributed by atoms with E-state index >= 15 is 0 Å². The number of carbonyl (C=O) groups is 1. The van der Waals surface area contributed by atoms with Gasteiger partial charge in [0.1, 0.15) is 0 Å². The Kier molecular flexibility index (Phi) is 3.30. The van der Waals surface area contributed by atoms with Crippen LogP contribution in [0.5, 0.6) is 0 Å². The van der Waals surface area contributed by atoms with Gasteiger partial charge in [-0.2, -0.15) is 5.10 Å². The first-order valence-corrected chi connectivity index (χ1v) is 5.16. The summed E-state index contributed by atoms with van der Waals surface area (Å²) in [6.45, 7) is 1.99. The standard InChI is InChI=1S/C12H12N4O/c1-9-4-6-10(7-5-9)14-12(17)15-11-3-2-8-13-16-11/h2-8H,1H3,(H2,14,15,16,17). The minimum atomic E-state index is -0.339. The summed E-state index contributed by atoms with van der Waals surface area (Å²) < 4.78 is 0. The Hall–Kier alpha value is -2.43. The highest BCUT2D eigenvalue weighted by atomic mass is 16.2. The van der Waals surface area contributed by atoms with Crippen LogP contribution < -0.4 is 10.6 Å². The number of hydrogen-bond acceptors (Lipinski definition) is 3. The van der Waals surface area contributed by atoms with Gasteiger partial charge >= 0.3 is 6.03 Å². The summed E-state index contributed by atoms with van der Waals surface area (Å²) in [6.07, 6.45) is 1.54. The second-order valence-electron chi connectivity index (χ2n) is 3.55. The summed E-state index contributed by atoms with van der Waals surface area (Å²) in [5.74, 6) is 0.414. The Bertz CT molecular complexity index is 496. The SMILES string of the molecule is Cc1ccc(NC(=O)Nc2cccnn2)cc1. The van der Waals surface area contributed by atoms with E-state index in [-0.39, 0.29) is 6.03 Å². The van der Waals surface area contributed by atoms with Gasteiger partial charge in [0.25, 0.3) is 0 Å². The predicted molar refractivity (Wildman–Crippen MR) is 65.9 cm³/mol. The Morgan fingerprint density at radius 2 is 1.88 bits per heavy atom. The van der Waals surface area contributed by atoms with E-state index in [1.165, 1.54) is 0 Å². The number of nitrogens with one attached hydrogen (secondary N) is 2. The summed E-state index contributed by atoms with van der Waals surface area (Å²) in [4.78, 5) is 11.6. The molecule has 86 valence electrons. The Balaban J connectivity index is 1.96. The molecule has 0 fully saturated rings. The molecule has 2 N–H and O–H groups in total. The predicted octanol–water partition coefficient (Wildman–Crippen LogP) is 2.43. The fourth-order valence-electron chi connectivity index (χ4n) is 1.28. The molecule has 0 saturated heterocycles. The van der Waals surface area contributed by atoms with E-state index in [1.807, 2.05) is 31.2 Å². The highest BCUT2D eigenvalue weighted by Crippen LogP contribution is 2.09. The molecule has 0 bridgehead atoms. The number of anilines is 2. The lowest BCUT2D eigenvalue weighted by Gasteiger charge is -2.06. The van der Waals surface area contributed by atoms with E-state index in [2.05, 4.69) is 20.8 Å². The van der Waals surface area contributed by atoms with Crippen LogP contribution >= 0.6 is 0 Å². The molecule has 1 heterocycles. The Morgan fingerprint density at radius 3 is 2.53 bits per heavy atom. The summed E-state index contributed by atoms with van der Waals surface area (Å²) in [6, 6.07) is 10.6. The van der Waals surface area contributed by atoms with Crippen LogP contribution in [0.2, 0.25) is 0 Å². The quantitative estimate of drug-likeness (QED) is 0.829. The number of carbonyl (C=O) groups excluding carboxylic acids is 1. The highest BCUT2D eigenvalue weighted by Gasteiger charge is 2.02. The maximum atomic E-state index is 11.6. The number of hydrogen-bond donors (Lipinski definition) is 2. The molecule has 0 radical (unpaired) electrons. The van der Waals surface area contributed by atoms with Gasteiger partial charge in [0.2, 0.25) is 0 Å². The fourth-order valence-corrected chi connectivity index (χ4v) is 1.28. The van der Waals surface area contributed by atoms with Gasteiger partial charge in [0, 0.05) is 11.9 Å². The molecule has 0 aliphatic heterocycles. The molecular formula is C12H12N4O.